The van der Waals surface area contributed by atoms with Crippen LogP contribution in [-0.2, 0) is 25.0 Å². The van der Waals surface area contributed by atoms with Crippen molar-refractivity contribution in [3.63, 3.8) is 0 Å². The second-order valence-corrected chi connectivity index (χ2v) is 15.5. The minimum atomic E-state index is -3.33. The number of aryl methyl sites for hydroxylation is 1. The molecule has 0 radical (unpaired) electrons. The van der Waals surface area contributed by atoms with E-state index in [9.17, 15) is 8.42 Å². The van der Waals surface area contributed by atoms with E-state index in [1.54, 1.807) is 24.3 Å². The molecule has 0 aliphatic rings. The summed E-state index contributed by atoms with van der Waals surface area (Å²) in [6.07, 6.45) is 0. The number of hydrogen-bond acceptors (Lipinski definition) is 2. The Morgan fingerprint density at radius 1 is 0.694 bits per heavy atom. The number of sulfone groups is 1. The van der Waals surface area contributed by atoms with Gasteiger partial charge in [0.1, 0.15) is 0 Å². The van der Waals surface area contributed by atoms with Crippen LogP contribution in [0.5, 0.6) is 0 Å². The second-order valence-electron chi connectivity index (χ2n) is 8.27. The van der Waals surface area contributed by atoms with Crippen molar-refractivity contribution in [2.45, 2.75) is 31.6 Å². The molecule has 4 aromatic carbocycles. The van der Waals surface area contributed by atoms with Crippen LogP contribution in [0.4, 0.5) is 0 Å². The quantitative estimate of drug-likeness (QED) is 0.157. The number of rotatable bonds is 6. The van der Waals surface area contributed by atoms with E-state index in [0.29, 0.717) is 10.8 Å². The van der Waals surface area contributed by atoms with Gasteiger partial charge in [0, 0.05) is 0 Å². The van der Waals surface area contributed by atoms with E-state index in [1.807, 2.05) is 66.7 Å². The first-order valence-corrected chi connectivity index (χ1v) is 19.0. The zero-order valence-corrected chi connectivity index (χ0v) is 25.5. The van der Waals surface area contributed by atoms with Crippen molar-refractivity contribution in [1.29, 1.82) is 0 Å². The molecule has 192 valence electrons. The van der Waals surface area contributed by atoms with E-state index < -0.39 is 17.8 Å². The summed E-state index contributed by atoms with van der Waals surface area (Å²) in [7, 11) is 5.43. The molecule has 0 unspecified atom stereocenters. The summed E-state index contributed by atoms with van der Waals surface area (Å²) in [6.45, 7) is 6.54. The molecule has 0 saturated carbocycles. The molecular weight excluding hydrogens is 615 g/mol. The number of benzene rings is 4. The summed E-state index contributed by atoms with van der Waals surface area (Å²) in [6, 6.07) is 37.2. The van der Waals surface area contributed by atoms with Crippen LogP contribution in [0.15, 0.2) is 120 Å². The Hall–Kier alpha value is -1.54. The van der Waals surface area contributed by atoms with Gasteiger partial charge in [-0.2, -0.15) is 0 Å². The predicted molar refractivity (Wildman–Crippen MR) is 155 cm³/mol. The molecule has 0 saturated heterocycles. The third kappa shape index (κ3) is 10.4. The first-order chi connectivity index (χ1) is 17.3. The molecular formula is C29H31Cl2O2PRuS. The molecule has 0 spiro atoms. The first kappa shape index (κ1) is 30.7. The van der Waals surface area contributed by atoms with E-state index in [1.165, 1.54) is 11.1 Å². The molecule has 36 heavy (non-hydrogen) atoms. The molecule has 0 fully saturated rings. The Morgan fingerprint density at radius 2 is 1.08 bits per heavy atom. The maximum atomic E-state index is 12.8. The Bertz CT molecular complexity index is 1200. The average molecular weight is 647 g/mol. The van der Waals surface area contributed by atoms with E-state index >= 15 is 0 Å². The van der Waals surface area contributed by atoms with Crippen LogP contribution < -0.4 is 10.6 Å². The van der Waals surface area contributed by atoms with Crippen molar-refractivity contribution in [2.75, 3.05) is 5.49 Å². The zero-order chi connectivity index (χ0) is 26.4. The van der Waals surface area contributed by atoms with E-state index in [-0.39, 0.29) is 20.6 Å². The van der Waals surface area contributed by atoms with Crippen LogP contribution in [0.1, 0.15) is 30.9 Å². The zero-order valence-electron chi connectivity index (χ0n) is 20.5. The molecule has 0 aromatic heterocycles. The van der Waals surface area contributed by atoms with Crippen molar-refractivity contribution in [2.24, 2.45) is 0 Å². The second kappa shape index (κ2) is 16.3. The molecule has 0 aliphatic heterocycles. The van der Waals surface area contributed by atoms with Crippen LogP contribution in [-0.4, -0.2) is 13.9 Å². The Labute approximate surface area is 233 Å². The van der Waals surface area contributed by atoms with Crippen molar-refractivity contribution in [3.05, 3.63) is 126 Å². The van der Waals surface area contributed by atoms with E-state index in [2.05, 4.69) is 45.0 Å². The fraction of sp³-hybridized carbons (Fsp3) is 0.172. The van der Waals surface area contributed by atoms with Crippen molar-refractivity contribution in [1.82, 2.24) is 0 Å². The summed E-state index contributed by atoms with van der Waals surface area (Å²) in [4.78, 5) is 0.388. The molecule has 7 heteroatoms. The Morgan fingerprint density at radius 3 is 1.47 bits per heavy atom. The van der Waals surface area contributed by atoms with E-state index in [4.69, 9.17) is 19.4 Å². The maximum absolute atomic E-state index is 12.8. The van der Waals surface area contributed by atoms with Gasteiger partial charge in [-0.05, 0) is 49.1 Å². The van der Waals surface area contributed by atoms with Gasteiger partial charge in [-0.3, -0.25) is 0 Å². The summed E-state index contributed by atoms with van der Waals surface area (Å²) in [5, 5.41) is 2.15. The molecule has 0 amide bonds. The van der Waals surface area contributed by atoms with Crippen LogP contribution in [0, 0.1) is 6.92 Å². The molecule has 0 N–H and O–H groups in total. The third-order valence-electron chi connectivity index (χ3n) is 5.28. The molecule has 2 nitrogen and oxygen atoms in total. The van der Waals surface area contributed by atoms with Gasteiger partial charge in [-0.1, -0.05) is 123 Å². The SMILES string of the molecule is Cc1ccc(C(C)C)cc1.O=S(=O)(CP(c1ccccc1)c1ccccc1)c1ccccc1.[Cl][Ru][Cl]. The molecule has 0 aliphatic carbocycles. The van der Waals surface area contributed by atoms with Gasteiger partial charge >= 0.3 is 34.5 Å². The van der Waals surface area contributed by atoms with Gasteiger partial charge in [0.05, 0.1) is 10.4 Å². The number of hydrogen-bond donors (Lipinski definition) is 0. The fourth-order valence-electron chi connectivity index (χ4n) is 3.34. The summed E-state index contributed by atoms with van der Waals surface area (Å²) >= 11 is -0.346. The van der Waals surface area contributed by atoms with Gasteiger partial charge in [-0.15, -0.1) is 0 Å². The third-order valence-corrected chi connectivity index (χ3v) is 10.5. The van der Waals surface area contributed by atoms with Crippen LogP contribution >= 0.6 is 27.3 Å². The Kier molecular flexibility index (Phi) is 13.9. The normalized spacial score (nSPS) is 10.9. The van der Waals surface area contributed by atoms with Crippen LogP contribution in [0.25, 0.3) is 0 Å². The van der Waals surface area contributed by atoms with Crippen LogP contribution in [0.2, 0.25) is 0 Å². The van der Waals surface area contributed by atoms with Gasteiger partial charge in [-0.25, -0.2) is 8.42 Å². The molecule has 0 bridgehead atoms. The van der Waals surface area contributed by atoms with Crippen molar-refractivity contribution in [3.8, 4) is 0 Å². The van der Waals surface area contributed by atoms with Crippen molar-refractivity contribution < 1.29 is 23.6 Å². The summed E-state index contributed by atoms with van der Waals surface area (Å²) in [5.74, 6) is 0.653. The summed E-state index contributed by atoms with van der Waals surface area (Å²) in [5.41, 5.74) is 2.88. The van der Waals surface area contributed by atoms with E-state index in [0.717, 1.165) is 10.6 Å². The fourth-order valence-corrected chi connectivity index (χ4v) is 8.42. The Balaban J connectivity index is 0.000000292. The monoisotopic (exact) mass is 646 g/mol. The van der Waals surface area contributed by atoms with Gasteiger partial charge in [0.25, 0.3) is 0 Å². The van der Waals surface area contributed by atoms with Crippen molar-refractivity contribution >= 4 is 47.8 Å². The topological polar surface area (TPSA) is 34.1 Å². The number of halogens is 2. The molecule has 4 rings (SSSR count). The molecule has 4 aromatic rings. The molecule has 0 heterocycles. The van der Waals surface area contributed by atoms with Gasteiger partial charge in [0.15, 0.2) is 9.84 Å². The summed E-state index contributed by atoms with van der Waals surface area (Å²) < 4.78 is 25.6. The van der Waals surface area contributed by atoms with Gasteiger partial charge in [0.2, 0.25) is 0 Å². The average Bonchev–Trinajstić information content (AvgIpc) is 2.90. The predicted octanol–water partition coefficient (Wildman–Crippen LogP) is 8.05. The van der Waals surface area contributed by atoms with Crippen LogP contribution in [0.3, 0.4) is 0 Å². The van der Waals surface area contributed by atoms with Gasteiger partial charge < -0.3 is 0 Å². The standard InChI is InChI=1S/C19H17O2PS.C10H14.2ClH.Ru/c20-23(21,19-14-8-3-9-15-19)16-22(17-10-4-1-5-11-17)18-12-6-2-7-13-18;1-8(2)10-6-4-9(3)5-7-10;;;/h1-15H,16H2;4-8H,1-3H3;2*1H;/q;;;;+2/p-2. The minimum absolute atomic E-state index is 0.125. The molecule has 0 atom stereocenters. The first-order valence-electron chi connectivity index (χ1n) is 11.4.